The first-order valence-corrected chi connectivity index (χ1v) is 6.45. The number of halogens is 1. The smallest absolute Gasteiger partial charge is 0.128 e. The summed E-state index contributed by atoms with van der Waals surface area (Å²) in [6.07, 6.45) is 2.16. The van der Waals surface area contributed by atoms with Crippen molar-refractivity contribution < 1.29 is 4.39 Å². The van der Waals surface area contributed by atoms with E-state index in [9.17, 15) is 4.39 Å². The molecule has 0 amide bonds. The van der Waals surface area contributed by atoms with Crippen molar-refractivity contribution in [1.82, 2.24) is 5.32 Å². The summed E-state index contributed by atoms with van der Waals surface area (Å²) in [5.74, 6) is 0.326. The van der Waals surface area contributed by atoms with Crippen molar-refractivity contribution in [2.24, 2.45) is 0 Å². The fraction of sp³-hybridized carbons (Fsp3) is 0.571. The number of benzene rings is 1. The first-order valence-electron chi connectivity index (χ1n) is 6.45. The summed E-state index contributed by atoms with van der Waals surface area (Å²) in [6, 6.07) is 5.44. The molecule has 1 aromatic carbocycles. The first kappa shape index (κ1) is 12.4. The van der Waals surface area contributed by atoms with Crippen LogP contribution in [0.3, 0.4) is 0 Å². The predicted octanol–water partition coefficient (Wildman–Crippen LogP) is 2.75. The van der Waals surface area contributed by atoms with Crippen LogP contribution in [0.4, 0.5) is 10.1 Å². The van der Waals surface area contributed by atoms with Crippen molar-refractivity contribution in [3.8, 4) is 0 Å². The Hall–Kier alpha value is -1.09. The van der Waals surface area contributed by atoms with Crippen LogP contribution in [0.5, 0.6) is 0 Å². The van der Waals surface area contributed by atoms with Crippen LogP contribution in [0.2, 0.25) is 0 Å². The number of rotatable bonds is 5. The van der Waals surface area contributed by atoms with E-state index in [2.05, 4.69) is 17.1 Å². The Bertz CT molecular complexity index is 378. The minimum atomic E-state index is -0.0343. The molecule has 0 saturated carbocycles. The maximum absolute atomic E-state index is 13.9. The molecular formula is C14H21FN2. The van der Waals surface area contributed by atoms with Gasteiger partial charge in [-0.25, -0.2) is 4.39 Å². The van der Waals surface area contributed by atoms with E-state index in [0.717, 1.165) is 43.7 Å². The zero-order valence-electron chi connectivity index (χ0n) is 10.7. The zero-order chi connectivity index (χ0) is 12.3. The molecule has 0 aromatic heterocycles. The lowest BCUT2D eigenvalue weighted by Gasteiger charge is -2.17. The molecule has 0 aliphatic carbocycles. The lowest BCUT2D eigenvalue weighted by Crippen LogP contribution is -2.21. The molecule has 3 heteroatoms. The number of nitrogens with one attached hydrogen (secondary N) is 1. The predicted molar refractivity (Wildman–Crippen MR) is 70.2 cm³/mol. The van der Waals surface area contributed by atoms with E-state index in [1.54, 1.807) is 6.07 Å². The third kappa shape index (κ3) is 2.44. The molecular weight excluding hydrogens is 215 g/mol. The van der Waals surface area contributed by atoms with E-state index >= 15 is 0 Å². The van der Waals surface area contributed by atoms with Crippen molar-refractivity contribution in [3.05, 3.63) is 29.6 Å². The van der Waals surface area contributed by atoms with Gasteiger partial charge in [-0.15, -0.1) is 0 Å². The summed E-state index contributed by atoms with van der Waals surface area (Å²) in [7, 11) is 1.96. The molecule has 2 nitrogen and oxygen atoms in total. The lowest BCUT2D eigenvalue weighted by molar-refractivity contribution is 0.552. The minimum Gasteiger partial charge on any atom is -0.371 e. The summed E-state index contributed by atoms with van der Waals surface area (Å²) in [5.41, 5.74) is 2.03. The number of nitrogens with zero attached hydrogens (tertiary/aromatic N) is 1. The van der Waals surface area contributed by atoms with E-state index in [0.29, 0.717) is 5.92 Å². The molecule has 1 aliphatic heterocycles. The molecule has 0 radical (unpaired) electrons. The Morgan fingerprint density at radius 2 is 2.29 bits per heavy atom. The second-order valence-electron chi connectivity index (χ2n) is 4.65. The normalized spacial score (nSPS) is 18.5. The van der Waals surface area contributed by atoms with E-state index in [1.165, 1.54) is 0 Å². The molecule has 1 N–H and O–H groups in total. The van der Waals surface area contributed by atoms with Gasteiger partial charge in [0.05, 0.1) is 0 Å². The molecule has 0 saturated heterocycles. The maximum atomic E-state index is 13.9. The van der Waals surface area contributed by atoms with E-state index in [1.807, 2.05) is 19.2 Å². The number of hydrogen-bond donors (Lipinski definition) is 1. The summed E-state index contributed by atoms with van der Waals surface area (Å²) in [4.78, 5) is 2.28. The van der Waals surface area contributed by atoms with Crippen LogP contribution in [0.25, 0.3) is 0 Å². The third-order valence-corrected chi connectivity index (χ3v) is 3.58. The van der Waals surface area contributed by atoms with Gasteiger partial charge in [-0.3, -0.25) is 0 Å². The van der Waals surface area contributed by atoms with Gasteiger partial charge >= 0.3 is 0 Å². The second kappa shape index (κ2) is 5.50. The van der Waals surface area contributed by atoms with Gasteiger partial charge in [-0.2, -0.15) is 0 Å². The SMILES string of the molecule is CCN1CC(CCCNC)c2c(F)cccc21. The molecule has 0 fully saturated rings. The molecule has 1 unspecified atom stereocenters. The number of fused-ring (bicyclic) bond motifs is 1. The van der Waals surface area contributed by atoms with Crippen LogP contribution >= 0.6 is 0 Å². The second-order valence-corrected chi connectivity index (χ2v) is 4.65. The van der Waals surface area contributed by atoms with Gasteiger partial charge in [0.1, 0.15) is 5.82 Å². The maximum Gasteiger partial charge on any atom is 0.128 e. The molecule has 0 spiro atoms. The molecule has 1 atom stereocenters. The standard InChI is InChI=1S/C14H21FN2/c1-3-17-10-11(6-5-9-16-2)14-12(15)7-4-8-13(14)17/h4,7-8,11,16H,3,5-6,9-10H2,1-2H3. The van der Waals surface area contributed by atoms with Crippen molar-refractivity contribution >= 4 is 5.69 Å². The van der Waals surface area contributed by atoms with Crippen LogP contribution in [0, 0.1) is 5.82 Å². The van der Waals surface area contributed by atoms with Gasteiger partial charge in [-0.05, 0) is 45.5 Å². The molecule has 2 rings (SSSR count). The van der Waals surface area contributed by atoms with E-state index in [4.69, 9.17) is 0 Å². The fourth-order valence-corrected chi connectivity index (χ4v) is 2.72. The highest BCUT2D eigenvalue weighted by Crippen LogP contribution is 2.39. The van der Waals surface area contributed by atoms with Crippen molar-refractivity contribution in [1.29, 1.82) is 0 Å². The number of hydrogen-bond acceptors (Lipinski definition) is 2. The quantitative estimate of drug-likeness (QED) is 0.791. The average molecular weight is 236 g/mol. The first-order chi connectivity index (χ1) is 8.27. The van der Waals surface area contributed by atoms with Gasteiger partial charge in [0.15, 0.2) is 0 Å². The molecule has 1 aromatic rings. The van der Waals surface area contributed by atoms with Crippen LogP contribution in [0.1, 0.15) is 31.2 Å². The number of likely N-dealkylation sites (N-methyl/N-ethyl adjacent to an activating group) is 1. The summed E-state index contributed by atoms with van der Waals surface area (Å²) in [6.45, 7) is 5.06. The average Bonchev–Trinajstić information content (AvgIpc) is 2.69. The Balaban J connectivity index is 2.17. The van der Waals surface area contributed by atoms with Gasteiger partial charge in [0.2, 0.25) is 0 Å². The summed E-state index contributed by atoms with van der Waals surface area (Å²) >= 11 is 0. The monoisotopic (exact) mass is 236 g/mol. The number of anilines is 1. The van der Waals surface area contributed by atoms with E-state index in [-0.39, 0.29) is 5.82 Å². The largest absolute Gasteiger partial charge is 0.371 e. The van der Waals surface area contributed by atoms with Gasteiger partial charge in [0, 0.05) is 30.3 Å². The summed E-state index contributed by atoms with van der Waals surface area (Å²) < 4.78 is 13.9. The molecule has 17 heavy (non-hydrogen) atoms. The molecule has 1 aliphatic rings. The Labute approximate surface area is 103 Å². The third-order valence-electron chi connectivity index (χ3n) is 3.58. The highest BCUT2D eigenvalue weighted by atomic mass is 19.1. The molecule has 0 bridgehead atoms. The molecule has 94 valence electrons. The van der Waals surface area contributed by atoms with Crippen LogP contribution in [-0.4, -0.2) is 26.7 Å². The van der Waals surface area contributed by atoms with Crippen molar-refractivity contribution in [2.45, 2.75) is 25.7 Å². The highest BCUT2D eigenvalue weighted by Gasteiger charge is 2.29. The Morgan fingerprint density at radius 3 is 3.00 bits per heavy atom. The van der Waals surface area contributed by atoms with Crippen molar-refractivity contribution in [3.63, 3.8) is 0 Å². The summed E-state index contributed by atoms with van der Waals surface area (Å²) in [5, 5.41) is 3.15. The lowest BCUT2D eigenvalue weighted by atomic mass is 9.96. The Kier molecular flexibility index (Phi) is 4.00. The van der Waals surface area contributed by atoms with Gasteiger partial charge < -0.3 is 10.2 Å². The van der Waals surface area contributed by atoms with Crippen LogP contribution in [-0.2, 0) is 0 Å². The zero-order valence-corrected chi connectivity index (χ0v) is 10.7. The topological polar surface area (TPSA) is 15.3 Å². The van der Waals surface area contributed by atoms with Crippen LogP contribution < -0.4 is 10.2 Å². The van der Waals surface area contributed by atoms with Crippen LogP contribution in [0.15, 0.2) is 18.2 Å². The Morgan fingerprint density at radius 1 is 1.47 bits per heavy atom. The minimum absolute atomic E-state index is 0.0343. The van der Waals surface area contributed by atoms with Crippen molar-refractivity contribution in [2.75, 3.05) is 31.6 Å². The highest BCUT2D eigenvalue weighted by molar-refractivity contribution is 5.60. The fourth-order valence-electron chi connectivity index (χ4n) is 2.72. The molecule has 1 heterocycles. The van der Waals surface area contributed by atoms with Gasteiger partial charge in [-0.1, -0.05) is 6.07 Å². The van der Waals surface area contributed by atoms with E-state index < -0.39 is 0 Å². The van der Waals surface area contributed by atoms with Gasteiger partial charge in [0.25, 0.3) is 0 Å².